The van der Waals surface area contributed by atoms with Crippen molar-refractivity contribution in [1.29, 1.82) is 0 Å². The van der Waals surface area contributed by atoms with Crippen molar-refractivity contribution in [1.82, 2.24) is 4.90 Å². The maximum atomic E-state index is 13.5. The first kappa shape index (κ1) is 17.4. The number of halogens is 6. The van der Waals surface area contributed by atoms with Gasteiger partial charge in [0.2, 0.25) is 0 Å². The Bertz CT molecular complexity index is 625. The summed E-state index contributed by atoms with van der Waals surface area (Å²) in [6.45, 7) is 1.30. The maximum absolute atomic E-state index is 13.5. The van der Waals surface area contributed by atoms with Crippen molar-refractivity contribution in [3.63, 3.8) is 0 Å². The highest BCUT2D eigenvalue weighted by Gasteiger charge is 2.55. The van der Waals surface area contributed by atoms with Gasteiger partial charge in [0.15, 0.2) is 17.7 Å². The molecule has 1 aromatic rings. The third-order valence-electron chi connectivity index (χ3n) is 3.35. The average molecular weight is 435 g/mol. The van der Waals surface area contributed by atoms with Crippen LogP contribution in [0.15, 0.2) is 6.07 Å². The molecule has 1 unspecified atom stereocenters. The molecule has 1 aliphatic heterocycles. The minimum Gasteiger partial charge on any atom is -0.388 e. The van der Waals surface area contributed by atoms with Gasteiger partial charge in [0.1, 0.15) is 0 Å². The summed E-state index contributed by atoms with van der Waals surface area (Å²) in [7, 11) is 0. The second-order valence-corrected chi connectivity index (χ2v) is 6.63. The summed E-state index contributed by atoms with van der Waals surface area (Å²) in [6.07, 6.45) is -4.89. The van der Waals surface area contributed by atoms with E-state index in [2.05, 4.69) is 0 Å². The Kier molecular flexibility index (Phi) is 4.18. The fourth-order valence-electron chi connectivity index (χ4n) is 2.57. The van der Waals surface area contributed by atoms with Gasteiger partial charge in [-0.3, -0.25) is 4.79 Å². The van der Waals surface area contributed by atoms with Crippen LogP contribution in [0.2, 0.25) is 0 Å². The molecule has 0 saturated carbocycles. The smallest absolute Gasteiger partial charge is 0.388 e. The molecular weight excluding hydrogens is 424 g/mol. The molecule has 1 aliphatic rings. The zero-order chi connectivity index (χ0) is 17.0. The van der Waals surface area contributed by atoms with Crippen LogP contribution in [-0.4, -0.2) is 33.7 Å². The molecule has 0 fully saturated rings. The molecule has 0 aromatic heterocycles. The second kappa shape index (κ2) is 5.29. The monoisotopic (exact) mass is 435 g/mol. The van der Waals surface area contributed by atoms with E-state index in [1.165, 1.54) is 22.6 Å². The third kappa shape index (κ3) is 2.80. The van der Waals surface area contributed by atoms with Crippen LogP contribution in [0.4, 0.5) is 22.0 Å². The third-order valence-corrected chi connectivity index (χ3v) is 4.36. The van der Waals surface area contributed by atoms with Crippen molar-refractivity contribution in [2.24, 2.45) is 0 Å². The van der Waals surface area contributed by atoms with Crippen molar-refractivity contribution < 1.29 is 31.9 Å². The highest BCUT2D eigenvalue weighted by Crippen LogP contribution is 2.39. The van der Waals surface area contributed by atoms with Crippen molar-refractivity contribution in [3.8, 4) is 0 Å². The minimum absolute atomic E-state index is 0.0354. The van der Waals surface area contributed by atoms with Crippen LogP contribution in [0.25, 0.3) is 0 Å². The van der Waals surface area contributed by atoms with Crippen molar-refractivity contribution >= 4 is 28.5 Å². The van der Waals surface area contributed by atoms with Crippen LogP contribution in [0.1, 0.15) is 29.8 Å². The van der Waals surface area contributed by atoms with E-state index in [4.69, 9.17) is 0 Å². The predicted octanol–water partition coefficient (Wildman–Crippen LogP) is 3.23. The largest absolute Gasteiger partial charge is 0.411 e. The number of alkyl halides is 3. The predicted molar refractivity (Wildman–Crippen MR) is 75.1 cm³/mol. The van der Waals surface area contributed by atoms with E-state index >= 15 is 0 Å². The molecule has 0 radical (unpaired) electrons. The molecular formula is C13H11F5INO2. The quantitative estimate of drug-likeness (QED) is 0.441. The topological polar surface area (TPSA) is 40.5 Å². The molecule has 1 atom stereocenters. The fourth-order valence-corrected chi connectivity index (χ4v) is 3.40. The Morgan fingerprint density at radius 2 is 1.86 bits per heavy atom. The van der Waals surface area contributed by atoms with Gasteiger partial charge in [-0.05, 0) is 48.1 Å². The number of hydrogen-bond donors (Lipinski definition) is 1. The van der Waals surface area contributed by atoms with Gasteiger partial charge in [0.05, 0.1) is 14.7 Å². The Labute approximate surface area is 136 Å². The van der Waals surface area contributed by atoms with Crippen molar-refractivity contribution in [2.75, 3.05) is 0 Å². The zero-order valence-electron chi connectivity index (χ0n) is 11.4. The van der Waals surface area contributed by atoms with Crippen molar-refractivity contribution in [3.05, 3.63) is 32.4 Å². The Hall–Kier alpha value is -0.970. The minimum atomic E-state index is -4.89. The summed E-state index contributed by atoms with van der Waals surface area (Å²) in [6, 6.07) is -1.77. The molecule has 0 spiro atoms. The van der Waals surface area contributed by atoms with Gasteiger partial charge >= 0.3 is 6.18 Å². The summed E-state index contributed by atoms with van der Waals surface area (Å²) in [5.41, 5.74) is -2.59. The molecule has 1 N–H and O–H groups in total. The van der Waals surface area contributed by atoms with Crippen LogP contribution < -0.4 is 0 Å². The zero-order valence-corrected chi connectivity index (χ0v) is 13.6. The molecule has 122 valence electrons. The lowest BCUT2D eigenvalue weighted by atomic mass is 9.97. The lowest BCUT2D eigenvalue weighted by molar-refractivity contribution is -0.219. The summed E-state index contributed by atoms with van der Waals surface area (Å²) in [5, 5.41) is 9.78. The van der Waals surface area contributed by atoms with Crippen LogP contribution in [-0.2, 0) is 6.54 Å². The Morgan fingerprint density at radius 3 is 2.32 bits per heavy atom. The summed E-state index contributed by atoms with van der Waals surface area (Å²) in [4.78, 5) is 12.6. The number of rotatable bonds is 2. The van der Waals surface area contributed by atoms with Crippen LogP contribution in [0, 0.1) is 15.2 Å². The number of fused-ring (bicyclic) bond motifs is 1. The van der Waals surface area contributed by atoms with E-state index in [-0.39, 0.29) is 14.7 Å². The molecule has 2 rings (SSSR count). The normalized spacial score (nSPS) is 17.0. The molecule has 0 saturated heterocycles. The van der Waals surface area contributed by atoms with E-state index in [0.717, 1.165) is 13.8 Å². The highest BCUT2D eigenvalue weighted by atomic mass is 127. The molecule has 0 bridgehead atoms. The average Bonchev–Trinajstić information content (AvgIpc) is 2.60. The number of hydrogen-bond acceptors (Lipinski definition) is 2. The first-order chi connectivity index (χ1) is 9.85. The van der Waals surface area contributed by atoms with Gasteiger partial charge in [0, 0.05) is 6.54 Å². The van der Waals surface area contributed by atoms with E-state index in [9.17, 15) is 31.9 Å². The standard InChI is InChI=1S/C13H11F5INO2/c1-12(2,22)11(13(16,17)18)20-4-5-3-6(14)8(15)9(19)7(5)10(20)21/h3,11,22H,4H2,1-2H3. The summed E-state index contributed by atoms with van der Waals surface area (Å²) >= 11 is 1.38. The number of carbonyl (C=O) groups is 1. The summed E-state index contributed by atoms with van der Waals surface area (Å²) in [5.74, 6) is -3.59. The van der Waals surface area contributed by atoms with Crippen LogP contribution in [0.5, 0.6) is 0 Å². The van der Waals surface area contributed by atoms with Gasteiger partial charge in [-0.2, -0.15) is 13.2 Å². The molecule has 1 aromatic carbocycles. The van der Waals surface area contributed by atoms with E-state index in [0.29, 0.717) is 11.0 Å². The fraction of sp³-hybridized carbons (Fsp3) is 0.462. The van der Waals surface area contributed by atoms with Gasteiger partial charge < -0.3 is 10.0 Å². The number of nitrogens with zero attached hydrogens (tertiary/aromatic N) is 1. The van der Waals surface area contributed by atoms with E-state index < -0.39 is 41.9 Å². The number of amides is 1. The molecule has 1 heterocycles. The van der Waals surface area contributed by atoms with E-state index in [1.54, 1.807) is 0 Å². The lowest BCUT2D eigenvalue weighted by Crippen LogP contribution is -2.57. The molecule has 0 aliphatic carbocycles. The van der Waals surface area contributed by atoms with Gasteiger partial charge in [0.25, 0.3) is 5.91 Å². The number of benzene rings is 1. The Morgan fingerprint density at radius 1 is 1.32 bits per heavy atom. The molecule has 3 nitrogen and oxygen atoms in total. The van der Waals surface area contributed by atoms with Gasteiger partial charge in [-0.25, -0.2) is 8.78 Å². The van der Waals surface area contributed by atoms with Crippen molar-refractivity contribution in [2.45, 2.75) is 38.2 Å². The SMILES string of the molecule is CC(C)(O)C(N1Cc2cc(F)c(F)c(I)c2C1=O)C(F)(F)F. The van der Waals surface area contributed by atoms with Gasteiger partial charge in [-0.1, -0.05) is 0 Å². The second-order valence-electron chi connectivity index (χ2n) is 5.55. The van der Waals surface area contributed by atoms with E-state index in [1.807, 2.05) is 0 Å². The maximum Gasteiger partial charge on any atom is 0.411 e. The van der Waals surface area contributed by atoms with Crippen LogP contribution in [0.3, 0.4) is 0 Å². The lowest BCUT2D eigenvalue weighted by Gasteiger charge is -2.37. The summed E-state index contributed by atoms with van der Waals surface area (Å²) < 4.78 is 66.2. The molecule has 22 heavy (non-hydrogen) atoms. The van der Waals surface area contributed by atoms with Gasteiger partial charge in [-0.15, -0.1) is 0 Å². The Balaban J connectivity index is 2.54. The highest BCUT2D eigenvalue weighted by molar-refractivity contribution is 14.1. The van der Waals surface area contributed by atoms with Crippen LogP contribution >= 0.6 is 22.6 Å². The molecule has 9 heteroatoms. The number of carbonyl (C=O) groups excluding carboxylic acids is 1. The number of aliphatic hydroxyl groups is 1. The first-order valence-electron chi connectivity index (χ1n) is 6.12. The first-order valence-corrected chi connectivity index (χ1v) is 7.20. The molecule has 1 amide bonds.